The van der Waals surface area contributed by atoms with Gasteiger partial charge in [-0.3, -0.25) is 0 Å². The smallest absolute Gasteiger partial charge is 0.129 e. The molecule has 16 heavy (non-hydrogen) atoms. The summed E-state index contributed by atoms with van der Waals surface area (Å²) in [4.78, 5) is 6.57. The lowest BCUT2D eigenvalue weighted by molar-refractivity contribution is 0.0985. The molecule has 1 aromatic rings. The Morgan fingerprint density at radius 2 is 2.44 bits per heavy atom. The standard InChI is InChI=1S/C12H18N2O2/c1-9-8-16-6-5-14(9)12-7-11(10(2)15)3-4-13-12/h3-4,7,9-10,15H,5-6,8H2,1-2H3/t9?,10-/m1/s1. The van der Waals surface area contributed by atoms with Gasteiger partial charge in [0.2, 0.25) is 0 Å². The summed E-state index contributed by atoms with van der Waals surface area (Å²) in [5.41, 5.74) is 0.906. The molecule has 1 unspecified atom stereocenters. The van der Waals surface area contributed by atoms with Crippen molar-refractivity contribution in [3.05, 3.63) is 23.9 Å². The molecule has 1 aliphatic heterocycles. The van der Waals surface area contributed by atoms with E-state index in [4.69, 9.17) is 4.74 Å². The molecule has 4 heteroatoms. The van der Waals surface area contributed by atoms with Gasteiger partial charge in [0.1, 0.15) is 5.82 Å². The summed E-state index contributed by atoms with van der Waals surface area (Å²) < 4.78 is 5.39. The second-order valence-corrected chi connectivity index (χ2v) is 4.24. The molecule has 2 heterocycles. The number of morpholine rings is 1. The molecule has 1 N–H and O–H groups in total. The van der Waals surface area contributed by atoms with E-state index in [0.29, 0.717) is 6.04 Å². The van der Waals surface area contributed by atoms with Gasteiger partial charge in [-0.25, -0.2) is 4.98 Å². The molecule has 0 radical (unpaired) electrons. The van der Waals surface area contributed by atoms with Gasteiger partial charge in [0.05, 0.1) is 25.4 Å². The van der Waals surface area contributed by atoms with Crippen molar-refractivity contribution in [3.63, 3.8) is 0 Å². The molecule has 1 fully saturated rings. The SMILES string of the molecule is CC1COCCN1c1cc([C@@H](C)O)ccn1. The van der Waals surface area contributed by atoms with E-state index in [9.17, 15) is 5.11 Å². The molecule has 4 nitrogen and oxygen atoms in total. The Labute approximate surface area is 95.9 Å². The summed E-state index contributed by atoms with van der Waals surface area (Å²) in [5, 5.41) is 9.54. The quantitative estimate of drug-likeness (QED) is 0.820. The normalized spacial score (nSPS) is 23.2. The van der Waals surface area contributed by atoms with Crippen LogP contribution in [0.15, 0.2) is 18.3 Å². The van der Waals surface area contributed by atoms with Crippen LogP contribution in [0.1, 0.15) is 25.5 Å². The maximum absolute atomic E-state index is 9.54. The maximum Gasteiger partial charge on any atom is 0.129 e. The Morgan fingerprint density at radius 3 is 3.12 bits per heavy atom. The van der Waals surface area contributed by atoms with Crippen molar-refractivity contribution in [2.45, 2.75) is 26.0 Å². The lowest BCUT2D eigenvalue weighted by atomic mass is 10.1. The van der Waals surface area contributed by atoms with E-state index in [1.807, 2.05) is 12.1 Å². The first-order valence-electron chi connectivity index (χ1n) is 5.67. The zero-order valence-electron chi connectivity index (χ0n) is 9.76. The Hall–Kier alpha value is -1.13. The van der Waals surface area contributed by atoms with E-state index in [0.717, 1.165) is 31.1 Å². The van der Waals surface area contributed by atoms with Gasteiger partial charge < -0.3 is 14.7 Å². The van der Waals surface area contributed by atoms with Crippen LogP contribution in [-0.2, 0) is 4.74 Å². The topological polar surface area (TPSA) is 45.6 Å². The minimum atomic E-state index is -0.446. The highest BCUT2D eigenvalue weighted by Crippen LogP contribution is 2.21. The molecule has 1 saturated heterocycles. The molecule has 1 aromatic heterocycles. The highest BCUT2D eigenvalue weighted by atomic mass is 16.5. The van der Waals surface area contributed by atoms with Gasteiger partial charge in [0.25, 0.3) is 0 Å². The highest BCUT2D eigenvalue weighted by Gasteiger charge is 2.20. The largest absolute Gasteiger partial charge is 0.389 e. The molecule has 2 atom stereocenters. The summed E-state index contributed by atoms with van der Waals surface area (Å²) in [5.74, 6) is 0.925. The van der Waals surface area contributed by atoms with Crippen LogP contribution >= 0.6 is 0 Å². The predicted molar refractivity (Wildman–Crippen MR) is 62.5 cm³/mol. The molecule has 0 aliphatic carbocycles. The van der Waals surface area contributed by atoms with Crippen LogP contribution in [0.2, 0.25) is 0 Å². The lowest BCUT2D eigenvalue weighted by Gasteiger charge is -2.34. The first-order valence-corrected chi connectivity index (χ1v) is 5.67. The van der Waals surface area contributed by atoms with E-state index >= 15 is 0 Å². The Bertz CT molecular complexity index is 355. The summed E-state index contributed by atoms with van der Waals surface area (Å²) >= 11 is 0. The van der Waals surface area contributed by atoms with E-state index in [1.165, 1.54) is 0 Å². The third-order valence-electron chi connectivity index (χ3n) is 2.91. The maximum atomic E-state index is 9.54. The van der Waals surface area contributed by atoms with Crippen LogP contribution in [0.3, 0.4) is 0 Å². The Kier molecular flexibility index (Phi) is 3.41. The molecule has 0 amide bonds. The molecular weight excluding hydrogens is 204 g/mol. The van der Waals surface area contributed by atoms with E-state index in [-0.39, 0.29) is 0 Å². The number of rotatable bonds is 2. The molecule has 1 aliphatic rings. The van der Waals surface area contributed by atoms with Crippen molar-refractivity contribution in [3.8, 4) is 0 Å². The number of hydrogen-bond acceptors (Lipinski definition) is 4. The van der Waals surface area contributed by atoms with Crippen molar-refractivity contribution < 1.29 is 9.84 Å². The van der Waals surface area contributed by atoms with Gasteiger partial charge in [-0.15, -0.1) is 0 Å². The van der Waals surface area contributed by atoms with Crippen LogP contribution in [0.4, 0.5) is 5.82 Å². The average Bonchev–Trinajstić information content (AvgIpc) is 2.30. The van der Waals surface area contributed by atoms with Crippen LogP contribution in [0.5, 0.6) is 0 Å². The molecule has 0 saturated carbocycles. The van der Waals surface area contributed by atoms with E-state index < -0.39 is 6.10 Å². The second-order valence-electron chi connectivity index (χ2n) is 4.24. The van der Waals surface area contributed by atoms with Crippen LogP contribution in [-0.4, -0.2) is 35.9 Å². The number of aliphatic hydroxyl groups excluding tert-OH is 1. The third-order valence-corrected chi connectivity index (χ3v) is 2.91. The number of pyridine rings is 1. The lowest BCUT2D eigenvalue weighted by Crippen LogP contribution is -2.44. The molecule has 88 valence electrons. The van der Waals surface area contributed by atoms with Crippen molar-refractivity contribution in [1.29, 1.82) is 0 Å². The summed E-state index contributed by atoms with van der Waals surface area (Å²) in [6.45, 7) is 6.22. The van der Waals surface area contributed by atoms with Crippen molar-refractivity contribution in [1.82, 2.24) is 4.98 Å². The van der Waals surface area contributed by atoms with Crippen molar-refractivity contribution >= 4 is 5.82 Å². The highest BCUT2D eigenvalue weighted by molar-refractivity contribution is 5.43. The fourth-order valence-corrected chi connectivity index (χ4v) is 1.92. The zero-order valence-corrected chi connectivity index (χ0v) is 9.76. The molecule has 0 aromatic carbocycles. The zero-order chi connectivity index (χ0) is 11.5. The molecule has 0 spiro atoms. The minimum absolute atomic E-state index is 0.338. The van der Waals surface area contributed by atoms with E-state index in [2.05, 4.69) is 16.8 Å². The minimum Gasteiger partial charge on any atom is -0.389 e. The number of aromatic nitrogens is 1. The molecule has 0 bridgehead atoms. The molecule has 2 rings (SSSR count). The second kappa shape index (κ2) is 4.80. The summed E-state index contributed by atoms with van der Waals surface area (Å²) in [6.07, 6.45) is 1.30. The van der Waals surface area contributed by atoms with Gasteiger partial charge in [0.15, 0.2) is 0 Å². The fraction of sp³-hybridized carbons (Fsp3) is 0.583. The number of aliphatic hydroxyl groups is 1. The van der Waals surface area contributed by atoms with Crippen molar-refractivity contribution in [2.75, 3.05) is 24.7 Å². The van der Waals surface area contributed by atoms with Gasteiger partial charge in [-0.2, -0.15) is 0 Å². The predicted octanol–water partition coefficient (Wildman–Crippen LogP) is 1.36. The third kappa shape index (κ3) is 2.33. The molecular formula is C12H18N2O2. The van der Waals surface area contributed by atoms with Gasteiger partial charge in [0, 0.05) is 12.7 Å². The van der Waals surface area contributed by atoms with Gasteiger partial charge in [-0.1, -0.05) is 0 Å². The summed E-state index contributed by atoms with van der Waals surface area (Å²) in [6, 6.07) is 4.14. The van der Waals surface area contributed by atoms with Crippen molar-refractivity contribution in [2.24, 2.45) is 0 Å². The number of nitrogens with zero attached hydrogens (tertiary/aromatic N) is 2. The van der Waals surface area contributed by atoms with Crippen LogP contribution < -0.4 is 4.90 Å². The van der Waals surface area contributed by atoms with Crippen LogP contribution in [0.25, 0.3) is 0 Å². The Balaban J connectivity index is 2.21. The monoisotopic (exact) mass is 222 g/mol. The number of ether oxygens (including phenoxy) is 1. The number of anilines is 1. The van der Waals surface area contributed by atoms with Gasteiger partial charge >= 0.3 is 0 Å². The van der Waals surface area contributed by atoms with E-state index in [1.54, 1.807) is 13.1 Å². The first kappa shape index (κ1) is 11.4. The fourth-order valence-electron chi connectivity index (χ4n) is 1.92. The Morgan fingerprint density at radius 1 is 1.62 bits per heavy atom. The van der Waals surface area contributed by atoms with Crippen LogP contribution in [0, 0.1) is 0 Å². The number of hydrogen-bond donors (Lipinski definition) is 1. The average molecular weight is 222 g/mol. The van der Waals surface area contributed by atoms with Gasteiger partial charge in [-0.05, 0) is 31.5 Å². The first-order chi connectivity index (χ1) is 7.68. The summed E-state index contributed by atoms with van der Waals surface area (Å²) in [7, 11) is 0.